The largest absolute Gasteiger partial charge is 0.476 e. The molecule has 1 aromatic rings. The van der Waals surface area contributed by atoms with E-state index in [-0.39, 0.29) is 12.4 Å². The zero-order valence-electron chi connectivity index (χ0n) is 6.81. The molecule has 0 spiro atoms. The number of carboxylic acids is 1. The van der Waals surface area contributed by atoms with E-state index < -0.39 is 5.97 Å². The number of hydrogen-bond donors (Lipinski definition) is 1. The number of aromatic carboxylic acids is 1. The average Bonchev–Trinajstić information content (AvgIpc) is 2.32. The molecule has 1 rings (SSSR count). The normalized spacial score (nSPS) is 10.2. The summed E-state index contributed by atoms with van der Waals surface area (Å²) in [4.78, 5) is 10.6. The molecule has 0 atom stereocenters. The van der Waals surface area contributed by atoms with Crippen LogP contribution in [0.5, 0.6) is 0 Å². The van der Waals surface area contributed by atoms with Crippen LogP contribution in [-0.2, 0) is 11.5 Å². The van der Waals surface area contributed by atoms with E-state index >= 15 is 0 Å². The van der Waals surface area contributed by atoms with Crippen LogP contribution in [0.25, 0.3) is 0 Å². The number of ether oxygens (including phenoxy) is 1. The molecule has 1 aromatic heterocycles. The molecule has 1 N–H and O–H groups in total. The zero-order chi connectivity index (χ0) is 9.14. The minimum atomic E-state index is -1.05. The summed E-state index contributed by atoms with van der Waals surface area (Å²) in [5, 5.41) is 15.9. The summed E-state index contributed by atoms with van der Waals surface area (Å²) in [6.45, 7) is 1.69. The maximum atomic E-state index is 10.6. The van der Waals surface area contributed by atoms with Crippen molar-refractivity contribution in [2.45, 2.75) is 13.7 Å². The molecular formula is C6H9N3O3. The van der Waals surface area contributed by atoms with Gasteiger partial charge < -0.3 is 9.84 Å². The van der Waals surface area contributed by atoms with E-state index in [0.717, 1.165) is 0 Å². The summed E-state index contributed by atoms with van der Waals surface area (Å²) in [5.41, 5.74) is 0.455. The number of carboxylic acid groups (broad SMARTS) is 1. The van der Waals surface area contributed by atoms with Gasteiger partial charge in [0, 0.05) is 7.11 Å². The average molecular weight is 171 g/mol. The first-order chi connectivity index (χ1) is 5.66. The van der Waals surface area contributed by atoms with Gasteiger partial charge >= 0.3 is 5.97 Å². The third-order valence-electron chi connectivity index (χ3n) is 1.36. The first-order valence-corrected chi connectivity index (χ1v) is 3.29. The van der Waals surface area contributed by atoms with Crippen molar-refractivity contribution < 1.29 is 14.6 Å². The lowest BCUT2D eigenvalue weighted by Gasteiger charge is -1.99. The van der Waals surface area contributed by atoms with Crippen molar-refractivity contribution >= 4 is 5.97 Å². The number of aromatic nitrogens is 3. The fourth-order valence-corrected chi connectivity index (χ4v) is 0.878. The monoisotopic (exact) mass is 171 g/mol. The van der Waals surface area contributed by atoms with Gasteiger partial charge in [0.2, 0.25) is 0 Å². The van der Waals surface area contributed by atoms with Crippen LogP contribution >= 0.6 is 0 Å². The molecule has 12 heavy (non-hydrogen) atoms. The van der Waals surface area contributed by atoms with Crippen molar-refractivity contribution in [2.24, 2.45) is 0 Å². The molecule has 0 aliphatic heterocycles. The number of hydrogen-bond acceptors (Lipinski definition) is 4. The quantitative estimate of drug-likeness (QED) is 0.686. The van der Waals surface area contributed by atoms with Crippen molar-refractivity contribution in [3.63, 3.8) is 0 Å². The maximum absolute atomic E-state index is 10.6. The third kappa shape index (κ3) is 1.42. The molecule has 0 fully saturated rings. The molecule has 1 heterocycles. The molecule has 0 bridgehead atoms. The number of aryl methyl sites for hydroxylation is 1. The Balaban J connectivity index is 3.04. The summed E-state index contributed by atoms with van der Waals surface area (Å²) in [6, 6.07) is 0. The van der Waals surface area contributed by atoms with Crippen LogP contribution in [-0.4, -0.2) is 33.2 Å². The van der Waals surface area contributed by atoms with E-state index in [1.54, 1.807) is 6.92 Å². The highest BCUT2D eigenvalue weighted by atomic mass is 16.5. The zero-order valence-corrected chi connectivity index (χ0v) is 6.81. The van der Waals surface area contributed by atoms with Crippen LogP contribution < -0.4 is 0 Å². The summed E-state index contributed by atoms with van der Waals surface area (Å²) >= 11 is 0. The Morgan fingerprint density at radius 2 is 2.42 bits per heavy atom. The van der Waals surface area contributed by atoms with E-state index in [2.05, 4.69) is 10.3 Å². The highest BCUT2D eigenvalue weighted by molar-refractivity contribution is 5.86. The minimum absolute atomic E-state index is 0.0665. The summed E-state index contributed by atoms with van der Waals surface area (Å²) in [6.07, 6.45) is 0. The lowest BCUT2D eigenvalue weighted by molar-refractivity contribution is 0.0649. The Bertz CT molecular complexity index is 294. The van der Waals surface area contributed by atoms with Gasteiger partial charge in [-0.15, -0.1) is 5.10 Å². The molecule has 0 aliphatic rings. The van der Waals surface area contributed by atoms with Gasteiger partial charge in [-0.1, -0.05) is 5.21 Å². The van der Waals surface area contributed by atoms with Gasteiger partial charge in [-0.05, 0) is 6.92 Å². The fraction of sp³-hybridized carbons (Fsp3) is 0.500. The Kier molecular flexibility index (Phi) is 2.39. The number of rotatable bonds is 3. The Morgan fingerprint density at radius 1 is 1.75 bits per heavy atom. The Morgan fingerprint density at radius 3 is 2.92 bits per heavy atom. The molecule has 0 aliphatic carbocycles. The van der Waals surface area contributed by atoms with Gasteiger partial charge in [-0.3, -0.25) is 0 Å². The molecule has 0 amide bonds. The lowest BCUT2D eigenvalue weighted by atomic mass is 10.3. The van der Waals surface area contributed by atoms with Crippen molar-refractivity contribution in [1.82, 2.24) is 15.0 Å². The third-order valence-corrected chi connectivity index (χ3v) is 1.36. The molecule has 0 unspecified atom stereocenters. The van der Waals surface area contributed by atoms with E-state index in [9.17, 15) is 4.79 Å². The summed E-state index contributed by atoms with van der Waals surface area (Å²) in [5.74, 6) is -1.05. The van der Waals surface area contributed by atoms with Crippen LogP contribution in [0.15, 0.2) is 0 Å². The van der Waals surface area contributed by atoms with Crippen molar-refractivity contribution in [2.75, 3.05) is 7.11 Å². The van der Waals surface area contributed by atoms with Gasteiger partial charge in [0.25, 0.3) is 0 Å². The van der Waals surface area contributed by atoms with E-state index in [1.165, 1.54) is 11.8 Å². The van der Waals surface area contributed by atoms with Crippen molar-refractivity contribution in [3.8, 4) is 0 Å². The van der Waals surface area contributed by atoms with E-state index in [0.29, 0.717) is 5.69 Å². The van der Waals surface area contributed by atoms with E-state index in [1.807, 2.05) is 0 Å². The van der Waals surface area contributed by atoms with Crippen LogP contribution in [0.2, 0.25) is 0 Å². The number of carbonyl (C=O) groups is 1. The number of nitrogens with zero attached hydrogens (tertiary/aromatic N) is 3. The highest BCUT2D eigenvalue weighted by Crippen LogP contribution is 2.03. The topological polar surface area (TPSA) is 77.2 Å². The van der Waals surface area contributed by atoms with Gasteiger partial charge in [-0.2, -0.15) is 0 Å². The SMILES string of the molecule is COCn1nnc(C)c1C(=O)O. The van der Waals surface area contributed by atoms with E-state index in [4.69, 9.17) is 9.84 Å². The predicted molar refractivity (Wildman–Crippen MR) is 38.7 cm³/mol. The lowest BCUT2D eigenvalue weighted by Crippen LogP contribution is -2.11. The second-order valence-electron chi connectivity index (χ2n) is 2.25. The number of methoxy groups -OCH3 is 1. The van der Waals surface area contributed by atoms with Gasteiger partial charge in [0.05, 0.1) is 5.69 Å². The van der Waals surface area contributed by atoms with Crippen LogP contribution in [0.4, 0.5) is 0 Å². The molecule has 0 aromatic carbocycles. The Labute approximate surface area is 68.8 Å². The molecule has 6 heteroatoms. The standard InChI is InChI=1S/C6H9N3O3/c1-4-5(6(10)11)9(3-12-2)8-7-4/h3H2,1-2H3,(H,10,11). The van der Waals surface area contributed by atoms with Crippen LogP contribution in [0, 0.1) is 6.92 Å². The predicted octanol–water partition coefficient (Wildman–Crippen LogP) is -0.111. The second kappa shape index (κ2) is 3.31. The van der Waals surface area contributed by atoms with Crippen molar-refractivity contribution in [1.29, 1.82) is 0 Å². The van der Waals surface area contributed by atoms with Gasteiger partial charge in [-0.25, -0.2) is 9.48 Å². The van der Waals surface area contributed by atoms with Gasteiger partial charge in [0.15, 0.2) is 5.69 Å². The van der Waals surface area contributed by atoms with Crippen molar-refractivity contribution in [3.05, 3.63) is 11.4 Å². The maximum Gasteiger partial charge on any atom is 0.356 e. The summed E-state index contributed by atoms with van der Waals surface area (Å²) < 4.78 is 5.92. The minimum Gasteiger partial charge on any atom is -0.476 e. The molecule has 66 valence electrons. The molecule has 0 saturated carbocycles. The molecule has 0 saturated heterocycles. The Hall–Kier alpha value is -1.43. The first-order valence-electron chi connectivity index (χ1n) is 3.29. The molecule has 6 nitrogen and oxygen atoms in total. The highest BCUT2D eigenvalue weighted by Gasteiger charge is 2.15. The fourth-order valence-electron chi connectivity index (χ4n) is 0.878. The van der Waals surface area contributed by atoms with Crippen LogP contribution in [0.3, 0.4) is 0 Å². The summed E-state index contributed by atoms with van der Waals surface area (Å²) in [7, 11) is 1.46. The smallest absolute Gasteiger partial charge is 0.356 e. The second-order valence-corrected chi connectivity index (χ2v) is 2.25. The van der Waals surface area contributed by atoms with Crippen LogP contribution in [0.1, 0.15) is 16.2 Å². The first kappa shape index (κ1) is 8.66. The molecule has 0 radical (unpaired) electrons. The van der Waals surface area contributed by atoms with Gasteiger partial charge in [0.1, 0.15) is 6.73 Å². The molecular weight excluding hydrogens is 162 g/mol.